The van der Waals surface area contributed by atoms with Crippen molar-refractivity contribution in [2.24, 2.45) is 10.9 Å². The van der Waals surface area contributed by atoms with E-state index < -0.39 is 6.04 Å². The summed E-state index contributed by atoms with van der Waals surface area (Å²) in [5, 5.41) is 13.9. The number of carbonyl (C=O) groups excluding carboxylic acids is 1. The smallest absolute Gasteiger partial charge is 0.261 e. The number of halogens is 1. The molecule has 1 aromatic heterocycles. The van der Waals surface area contributed by atoms with Gasteiger partial charge in [-0.15, -0.1) is 11.3 Å². The van der Waals surface area contributed by atoms with Crippen molar-refractivity contribution in [1.29, 1.82) is 0 Å². The van der Waals surface area contributed by atoms with Gasteiger partial charge in [0.25, 0.3) is 5.91 Å². The third-order valence-electron chi connectivity index (χ3n) is 1.99. The van der Waals surface area contributed by atoms with Gasteiger partial charge in [-0.1, -0.05) is 5.16 Å². The van der Waals surface area contributed by atoms with Crippen LogP contribution in [-0.4, -0.2) is 23.0 Å². The van der Waals surface area contributed by atoms with Crippen molar-refractivity contribution in [2.75, 3.05) is 0 Å². The van der Waals surface area contributed by atoms with Gasteiger partial charge in [0.2, 0.25) is 0 Å². The second kappa shape index (κ2) is 5.31. The van der Waals surface area contributed by atoms with Gasteiger partial charge in [0.05, 0.1) is 14.7 Å². The Hall–Kier alpha value is -1.08. The SMILES string of the molecule is Cc1cc(C(=O)NC(C)C(N)=NO)sc1Br. The summed E-state index contributed by atoms with van der Waals surface area (Å²) in [7, 11) is 0. The highest BCUT2D eigenvalue weighted by molar-refractivity contribution is 9.11. The monoisotopic (exact) mass is 305 g/mol. The summed E-state index contributed by atoms with van der Waals surface area (Å²) in [6.45, 7) is 3.55. The van der Waals surface area contributed by atoms with Gasteiger partial charge < -0.3 is 16.3 Å². The number of hydrogen-bond acceptors (Lipinski definition) is 4. The number of nitrogens with one attached hydrogen (secondary N) is 1. The molecule has 1 heterocycles. The van der Waals surface area contributed by atoms with Crippen LogP contribution in [0.4, 0.5) is 0 Å². The van der Waals surface area contributed by atoms with Crippen LogP contribution in [0.5, 0.6) is 0 Å². The fraction of sp³-hybridized carbons (Fsp3) is 0.333. The van der Waals surface area contributed by atoms with Crippen LogP contribution in [0.15, 0.2) is 15.0 Å². The number of oxime groups is 1. The molecule has 1 rings (SSSR count). The highest BCUT2D eigenvalue weighted by Crippen LogP contribution is 2.27. The van der Waals surface area contributed by atoms with Crippen molar-refractivity contribution < 1.29 is 10.0 Å². The third kappa shape index (κ3) is 2.96. The molecular weight excluding hydrogens is 294 g/mol. The first-order valence-corrected chi connectivity index (χ1v) is 6.11. The Kier molecular flexibility index (Phi) is 4.31. The van der Waals surface area contributed by atoms with Gasteiger partial charge in [-0.05, 0) is 41.4 Å². The lowest BCUT2D eigenvalue weighted by Gasteiger charge is -2.10. The Labute approximate surface area is 105 Å². The van der Waals surface area contributed by atoms with Gasteiger partial charge in [0.15, 0.2) is 5.84 Å². The number of hydrogen-bond donors (Lipinski definition) is 3. The van der Waals surface area contributed by atoms with Gasteiger partial charge in [-0.3, -0.25) is 4.79 Å². The van der Waals surface area contributed by atoms with Crippen LogP contribution in [-0.2, 0) is 0 Å². The van der Waals surface area contributed by atoms with Crippen LogP contribution in [0, 0.1) is 6.92 Å². The number of carbonyl (C=O) groups is 1. The topological polar surface area (TPSA) is 87.7 Å². The number of rotatable bonds is 3. The molecular formula is C9H12BrN3O2S. The Balaban J connectivity index is 2.73. The van der Waals surface area contributed by atoms with Crippen LogP contribution in [0.3, 0.4) is 0 Å². The largest absolute Gasteiger partial charge is 0.409 e. The molecule has 5 nitrogen and oxygen atoms in total. The van der Waals surface area contributed by atoms with Crippen molar-refractivity contribution in [3.8, 4) is 0 Å². The number of thiophene rings is 1. The van der Waals surface area contributed by atoms with Gasteiger partial charge in [-0.2, -0.15) is 0 Å². The summed E-state index contributed by atoms with van der Waals surface area (Å²) in [4.78, 5) is 12.3. The van der Waals surface area contributed by atoms with Crippen molar-refractivity contribution in [3.05, 3.63) is 20.3 Å². The predicted octanol–water partition coefficient (Wildman–Crippen LogP) is 1.68. The van der Waals surface area contributed by atoms with Crippen LogP contribution in [0.1, 0.15) is 22.2 Å². The molecule has 0 fully saturated rings. The zero-order chi connectivity index (χ0) is 12.3. The molecule has 0 aromatic carbocycles. The predicted molar refractivity (Wildman–Crippen MR) is 67.1 cm³/mol. The quantitative estimate of drug-likeness (QED) is 0.344. The summed E-state index contributed by atoms with van der Waals surface area (Å²) >= 11 is 4.69. The van der Waals surface area contributed by atoms with Gasteiger partial charge in [-0.25, -0.2) is 0 Å². The highest BCUT2D eigenvalue weighted by Gasteiger charge is 2.15. The molecule has 0 saturated carbocycles. The zero-order valence-electron chi connectivity index (χ0n) is 8.82. The number of nitrogens with zero attached hydrogens (tertiary/aromatic N) is 1. The van der Waals surface area contributed by atoms with Crippen LogP contribution < -0.4 is 11.1 Å². The molecule has 1 amide bonds. The molecule has 0 aliphatic heterocycles. The van der Waals surface area contributed by atoms with E-state index in [1.807, 2.05) is 6.92 Å². The summed E-state index contributed by atoms with van der Waals surface area (Å²) in [5.41, 5.74) is 6.36. The molecule has 0 aliphatic carbocycles. The lowest BCUT2D eigenvalue weighted by atomic mass is 10.3. The molecule has 1 aromatic rings. The minimum absolute atomic E-state index is 0.0271. The Morgan fingerprint density at radius 1 is 1.75 bits per heavy atom. The summed E-state index contributed by atoms with van der Waals surface area (Å²) in [6.07, 6.45) is 0. The number of aryl methyl sites for hydroxylation is 1. The van der Waals surface area contributed by atoms with E-state index in [1.54, 1.807) is 13.0 Å². The number of amides is 1. The summed E-state index contributed by atoms with van der Waals surface area (Å²) in [6, 6.07) is 1.28. The fourth-order valence-corrected chi connectivity index (χ4v) is 2.44. The van der Waals surface area contributed by atoms with Crippen molar-refractivity contribution in [1.82, 2.24) is 5.32 Å². The maximum absolute atomic E-state index is 11.7. The minimum atomic E-state index is -0.501. The molecule has 4 N–H and O–H groups in total. The molecule has 1 atom stereocenters. The second-order valence-corrected chi connectivity index (χ2v) is 5.66. The average molecular weight is 306 g/mol. The van der Waals surface area contributed by atoms with E-state index in [9.17, 15) is 4.79 Å². The molecule has 0 radical (unpaired) electrons. The van der Waals surface area contributed by atoms with E-state index in [2.05, 4.69) is 26.4 Å². The van der Waals surface area contributed by atoms with Crippen molar-refractivity contribution in [3.63, 3.8) is 0 Å². The van der Waals surface area contributed by atoms with E-state index in [1.165, 1.54) is 11.3 Å². The van der Waals surface area contributed by atoms with Crippen molar-refractivity contribution >= 4 is 39.0 Å². The lowest BCUT2D eigenvalue weighted by Crippen LogP contribution is -2.42. The van der Waals surface area contributed by atoms with Crippen LogP contribution in [0.25, 0.3) is 0 Å². The third-order valence-corrected chi connectivity index (χ3v) is 4.12. The Morgan fingerprint density at radius 2 is 2.38 bits per heavy atom. The van der Waals surface area contributed by atoms with Crippen LogP contribution in [0.2, 0.25) is 0 Å². The molecule has 88 valence electrons. The molecule has 1 unspecified atom stereocenters. The summed E-state index contributed by atoms with van der Waals surface area (Å²) in [5.74, 6) is -0.265. The summed E-state index contributed by atoms with van der Waals surface area (Å²) < 4.78 is 0.925. The van der Waals surface area contributed by atoms with E-state index >= 15 is 0 Å². The first-order chi connectivity index (χ1) is 7.45. The molecule has 0 spiro atoms. The van der Waals surface area contributed by atoms with E-state index in [4.69, 9.17) is 10.9 Å². The average Bonchev–Trinajstić information content (AvgIpc) is 2.58. The molecule has 0 bridgehead atoms. The normalized spacial score (nSPS) is 13.6. The molecule has 16 heavy (non-hydrogen) atoms. The zero-order valence-corrected chi connectivity index (χ0v) is 11.2. The second-order valence-electron chi connectivity index (χ2n) is 3.29. The standard InChI is InChI=1S/C9H12BrN3O2S/c1-4-3-6(16-7(4)10)9(14)12-5(2)8(11)13-15/h3,5,15H,1-2H3,(H2,11,13)(H,12,14). The molecule has 7 heteroatoms. The van der Waals surface area contributed by atoms with E-state index in [0.29, 0.717) is 4.88 Å². The Bertz CT molecular complexity index is 411. The minimum Gasteiger partial charge on any atom is -0.409 e. The maximum Gasteiger partial charge on any atom is 0.261 e. The fourth-order valence-electron chi connectivity index (χ4n) is 1.00. The van der Waals surface area contributed by atoms with Gasteiger partial charge in [0.1, 0.15) is 0 Å². The molecule has 0 saturated heterocycles. The first kappa shape index (κ1) is 13.0. The van der Waals surface area contributed by atoms with Crippen molar-refractivity contribution in [2.45, 2.75) is 19.9 Å². The van der Waals surface area contributed by atoms with Gasteiger partial charge in [0, 0.05) is 0 Å². The van der Waals surface area contributed by atoms with Gasteiger partial charge >= 0.3 is 0 Å². The maximum atomic E-state index is 11.7. The lowest BCUT2D eigenvalue weighted by molar-refractivity contribution is 0.0952. The van der Waals surface area contributed by atoms with Crippen LogP contribution >= 0.6 is 27.3 Å². The number of amidine groups is 1. The Morgan fingerprint density at radius 3 is 2.81 bits per heavy atom. The van der Waals surface area contributed by atoms with E-state index in [0.717, 1.165) is 9.35 Å². The van der Waals surface area contributed by atoms with E-state index in [-0.39, 0.29) is 11.7 Å². The molecule has 0 aliphatic rings. The highest BCUT2D eigenvalue weighted by atomic mass is 79.9. The first-order valence-electron chi connectivity index (χ1n) is 4.50. The number of nitrogens with two attached hydrogens (primary N) is 1.